The molecule has 0 saturated heterocycles. The molecule has 5 heteroatoms. The molecule has 0 unspecified atom stereocenters. The molecule has 0 radical (unpaired) electrons. The van der Waals surface area contributed by atoms with Crippen molar-refractivity contribution in [1.82, 2.24) is 14.4 Å². The van der Waals surface area contributed by atoms with Gasteiger partial charge in [-0.25, -0.2) is 14.4 Å². The molecule has 2 heterocycles. The van der Waals surface area contributed by atoms with E-state index in [2.05, 4.69) is 0 Å². The standard InChI is InChI=1S/C22H14ClN3O/c1-13-6-8-14(9-7-13)20-24-18-5-3-2-4-16(18)21-25-19-11-10-15(23)12-17(19)22(27)26(20)21/h2-12H,1H3. The Kier molecular flexibility index (Phi) is 3.49. The second kappa shape index (κ2) is 5.89. The van der Waals surface area contributed by atoms with Crippen LogP contribution in [0.3, 0.4) is 0 Å². The highest BCUT2D eigenvalue weighted by molar-refractivity contribution is 6.31. The van der Waals surface area contributed by atoms with Crippen molar-refractivity contribution in [2.24, 2.45) is 0 Å². The Morgan fingerprint density at radius 2 is 1.59 bits per heavy atom. The molecule has 5 rings (SSSR count). The van der Waals surface area contributed by atoms with E-state index in [0.29, 0.717) is 27.4 Å². The van der Waals surface area contributed by atoms with E-state index >= 15 is 0 Å². The number of rotatable bonds is 1. The fourth-order valence-electron chi connectivity index (χ4n) is 3.36. The third kappa shape index (κ3) is 2.49. The summed E-state index contributed by atoms with van der Waals surface area (Å²) >= 11 is 6.12. The van der Waals surface area contributed by atoms with Crippen LogP contribution >= 0.6 is 11.6 Å². The highest BCUT2D eigenvalue weighted by Gasteiger charge is 2.15. The maximum absolute atomic E-state index is 13.4. The van der Waals surface area contributed by atoms with Gasteiger partial charge in [-0.1, -0.05) is 53.6 Å². The number of benzene rings is 3. The van der Waals surface area contributed by atoms with Crippen LogP contribution in [0.1, 0.15) is 5.56 Å². The van der Waals surface area contributed by atoms with Crippen molar-refractivity contribution in [3.63, 3.8) is 0 Å². The Hall–Kier alpha value is -3.24. The average molecular weight is 372 g/mol. The lowest BCUT2D eigenvalue weighted by Crippen LogP contribution is -2.18. The number of fused-ring (bicyclic) bond motifs is 4. The largest absolute Gasteiger partial charge is 0.268 e. The van der Waals surface area contributed by atoms with Crippen molar-refractivity contribution in [1.29, 1.82) is 0 Å². The van der Waals surface area contributed by atoms with Gasteiger partial charge in [-0.15, -0.1) is 0 Å². The fourth-order valence-corrected chi connectivity index (χ4v) is 3.53. The maximum atomic E-state index is 13.4. The molecular formula is C22H14ClN3O. The molecule has 4 nitrogen and oxygen atoms in total. The number of hydrogen-bond donors (Lipinski definition) is 0. The minimum Gasteiger partial charge on any atom is -0.268 e. The smallest absolute Gasteiger partial charge is 0.267 e. The fraction of sp³-hybridized carbons (Fsp3) is 0.0455. The van der Waals surface area contributed by atoms with Crippen molar-refractivity contribution < 1.29 is 0 Å². The van der Waals surface area contributed by atoms with E-state index in [1.54, 1.807) is 22.6 Å². The molecule has 0 amide bonds. The van der Waals surface area contributed by atoms with E-state index in [9.17, 15) is 4.79 Å². The summed E-state index contributed by atoms with van der Waals surface area (Å²) in [6.07, 6.45) is 0. The minimum absolute atomic E-state index is 0.175. The Labute approximate surface area is 159 Å². The van der Waals surface area contributed by atoms with Gasteiger partial charge in [0.2, 0.25) is 0 Å². The van der Waals surface area contributed by atoms with Crippen LogP contribution in [-0.2, 0) is 0 Å². The average Bonchev–Trinajstić information content (AvgIpc) is 2.69. The van der Waals surface area contributed by atoms with Crippen LogP contribution in [-0.4, -0.2) is 14.4 Å². The monoisotopic (exact) mass is 371 g/mol. The molecule has 0 spiro atoms. The van der Waals surface area contributed by atoms with Crippen LogP contribution in [0.25, 0.3) is 38.8 Å². The van der Waals surface area contributed by atoms with Gasteiger partial charge in [0.15, 0.2) is 5.65 Å². The lowest BCUT2D eigenvalue weighted by Gasteiger charge is -2.12. The molecule has 0 aliphatic heterocycles. The Bertz CT molecular complexity index is 1410. The summed E-state index contributed by atoms with van der Waals surface area (Å²) in [5.41, 5.74) is 3.85. The normalized spacial score (nSPS) is 11.5. The van der Waals surface area contributed by atoms with Crippen molar-refractivity contribution in [2.45, 2.75) is 6.92 Å². The van der Waals surface area contributed by atoms with Gasteiger partial charge in [0.05, 0.1) is 16.4 Å². The first-order valence-corrected chi connectivity index (χ1v) is 8.97. The van der Waals surface area contributed by atoms with E-state index in [1.807, 2.05) is 55.5 Å². The quantitative estimate of drug-likeness (QED) is 0.307. The van der Waals surface area contributed by atoms with E-state index in [1.165, 1.54) is 0 Å². The summed E-state index contributed by atoms with van der Waals surface area (Å²) in [6, 6.07) is 20.9. The summed E-state index contributed by atoms with van der Waals surface area (Å²) in [5, 5.41) is 1.82. The SMILES string of the molecule is Cc1ccc(-c2nc3ccccc3c3nc4ccc(Cl)cc4c(=O)n23)cc1. The Morgan fingerprint density at radius 1 is 0.852 bits per heavy atom. The van der Waals surface area contributed by atoms with Gasteiger partial charge in [-0.05, 0) is 37.3 Å². The van der Waals surface area contributed by atoms with Crippen LogP contribution < -0.4 is 5.56 Å². The second-order valence-corrected chi connectivity index (χ2v) is 6.99. The predicted molar refractivity (Wildman–Crippen MR) is 109 cm³/mol. The van der Waals surface area contributed by atoms with Gasteiger partial charge < -0.3 is 0 Å². The van der Waals surface area contributed by atoms with Gasteiger partial charge in [-0.2, -0.15) is 0 Å². The highest BCUT2D eigenvalue weighted by atomic mass is 35.5. The Morgan fingerprint density at radius 3 is 2.41 bits per heavy atom. The molecule has 2 aromatic heterocycles. The number of hydrogen-bond acceptors (Lipinski definition) is 3. The van der Waals surface area contributed by atoms with E-state index < -0.39 is 0 Å². The third-order valence-electron chi connectivity index (χ3n) is 4.72. The zero-order chi connectivity index (χ0) is 18.5. The van der Waals surface area contributed by atoms with Crippen molar-refractivity contribution >= 4 is 39.1 Å². The summed E-state index contributed by atoms with van der Waals surface area (Å²) in [6.45, 7) is 2.03. The molecular weight excluding hydrogens is 358 g/mol. The van der Waals surface area contributed by atoms with Crippen LogP contribution in [0.15, 0.2) is 71.5 Å². The van der Waals surface area contributed by atoms with Crippen molar-refractivity contribution in [3.8, 4) is 11.4 Å². The molecule has 5 aromatic rings. The maximum Gasteiger partial charge on any atom is 0.267 e. The highest BCUT2D eigenvalue weighted by Crippen LogP contribution is 2.25. The predicted octanol–water partition coefficient (Wildman–Crippen LogP) is 5.02. The van der Waals surface area contributed by atoms with Crippen molar-refractivity contribution in [3.05, 3.63) is 87.7 Å². The summed E-state index contributed by atoms with van der Waals surface area (Å²) in [7, 11) is 0. The van der Waals surface area contributed by atoms with Crippen molar-refractivity contribution in [2.75, 3.05) is 0 Å². The van der Waals surface area contributed by atoms with E-state index in [0.717, 1.165) is 22.0 Å². The van der Waals surface area contributed by atoms with Gasteiger partial charge in [0.25, 0.3) is 5.56 Å². The molecule has 3 aromatic carbocycles. The minimum atomic E-state index is -0.175. The number of halogens is 1. The van der Waals surface area contributed by atoms with E-state index in [-0.39, 0.29) is 5.56 Å². The first-order chi connectivity index (χ1) is 13.1. The summed E-state index contributed by atoms with van der Waals surface area (Å²) in [5.74, 6) is 0.572. The molecule has 27 heavy (non-hydrogen) atoms. The van der Waals surface area contributed by atoms with Gasteiger partial charge in [0, 0.05) is 16.0 Å². The number of para-hydroxylation sites is 1. The molecule has 0 N–H and O–H groups in total. The second-order valence-electron chi connectivity index (χ2n) is 6.56. The number of aryl methyl sites for hydroxylation is 1. The number of nitrogens with zero attached hydrogens (tertiary/aromatic N) is 3. The molecule has 0 fully saturated rings. The molecule has 0 atom stereocenters. The lowest BCUT2D eigenvalue weighted by atomic mass is 10.1. The van der Waals surface area contributed by atoms with Gasteiger partial charge in [0.1, 0.15) is 5.82 Å². The molecule has 0 aliphatic rings. The molecule has 0 saturated carbocycles. The topological polar surface area (TPSA) is 47.3 Å². The van der Waals surface area contributed by atoms with Gasteiger partial charge in [-0.3, -0.25) is 4.79 Å². The van der Waals surface area contributed by atoms with Crippen LogP contribution in [0.5, 0.6) is 0 Å². The lowest BCUT2D eigenvalue weighted by molar-refractivity contribution is 1.05. The zero-order valence-electron chi connectivity index (χ0n) is 14.5. The molecule has 130 valence electrons. The van der Waals surface area contributed by atoms with Gasteiger partial charge >= 0.3 is 0 Å². The van der Waals surface area contributed by atoms with Crippen LogP contribution in [0, 0.1) is 6.92 Å². The van der Waals surface area contributed by atoms with Crippen LogP contribution in [0.4, 0.5) is 0 Å². The molecule has 0 bridgehead atoms. The summed E-state index contributed by atoms with van der Waals surface area (Å²) in [4.78, 5) is 22.9. The number of aromatic nitrogens is 3. The van der Waals surface area contributed by atoms with Crippen LogP contribution in [0.2, 0.25) is 5.02 Å². The molecule has 0 aliphatic carbocycles. The zero-order valence-corrected chi connectivity index (χ0v) is 15.2. The first kappa shape index (κ1) is 16.0. The Balaban J connectivity index is 2.04. The summed E-state index contributed by atoms with van der Waals surface area (Å²) < 4.78 is 1.59. The third-order valence-corrected chi connectivity index (χ3v) is 4.96. The van der Waals surface area contributed by atoms with E-state index in [4.69, 9.17) is 21.6 Å². The first-order valence-electron chi connectivity index (χ1n) is 8.60.